The summed E-state index contributed by atoms with van der Waals surface area (Å²) in [5.41, 5.74) is -0.376. The van der Waals surface area contributed by atoms with Crippen molar-refractivity contribution in [2.75, 3.05) is 0 Å². The molecule has 0 saturated heterocycles. The highest BCUT2D eigenvalue weighted by atomic mass is 17.2. The first-order chi connectivity index (χ1) is 5.89. The van der Waals surface area contributed by atoms with Crippen molar-refractivity contribution in [3.8, 4) is 0 Å². The van der Waals surface area contributed by atoms with Gasteiger partial charge in [0, 0.05) is 0 Å². The molecule has 0 amide bonds. The summed E-state index contributed by atoms with van der Waals surface area (Å²) in [6, 6.07) is 0. The SMILES string of the molecule is CCCC(C)(C)OOC(=O)C(C)C. The summed E-state index contributed by atoms with van der Waals surface area (Å²) in [4.78, 5) is 20.8. The largest absolute Gasteiger partial charge is 0.344 e. The second kappa shape index (κ2) is 5.22. The molecule has 3 nitrogen and oxygen atoms in total. The van der Waals surface area contributed by atoms with Gasteiger partial charge in [-0.25, -0.2) is 4.79 Å². The Morgan fingerprint density at radius 2 is 1.92 bits per heavy atom. The molecule has 0 fully saturated rings. The van der Waals surface area contributed by atoms with Crippen LogP contribution in [0.15, 0.2) is 0 Å². The van der Waals surface area contributed by atoms with Crippen LogP contribution >= 0.6 is 0 Å². The van der Waals surface area contributed by atoms with Crippen LogP contribution in [0.2, 0.25) is 0 Å². The van der Waals surface area contributed by atoms with E-state index in [9.17, 15) is 4.79 Å². The molecule has 0 saturated carbocycles. The van der Waals surface area contributed by atoms with Gasteiger partial charge < -0.3 is 0 Å². The molecule has 0 aromatic heterocycles. The zero-order valence-corrected chi connectivity index (χ0v) is 9.22. The summed E-state index contributed by atoms with van der Waals surface area (Å²) in [5.74, 6) is -0.457. The third-order valence-electron chi connectivity index (χ3n) is 1.67. The minimum Gasteiger partial charge on any atom is -0.298 e. The van der Waals surface area contributed by atoms with E-state index in [2.05, 4.69) is 11.8 Å². The van der Waals surface area contributed by atoms with Crippen LogP contribution in [0.5, 0.6) is 0 Å². The van der Waals surface area contributed by atoms with Crippen LogP contribution in [0.4, 0.5) is 0 Å². The van der Waals surface area contributed by atoms with Gasteiger partial charge in [-0.2, -0.15) is 4.89 Å². The first-order valence-corrected chi connectivity index (χ1v) is 4.78. The van der Waals surface area contributed by atoms with Gasteiger partial charge in [-0.3, -0.25) is 4.89 Å². The van der Waals surface area contributed by atoms with Gasteiger partial charge in [0.2, 0.25) is 0 Å². The maximum absolute atomic E-state index is 11.0. The van der Waals surface area contributed by atoms with Crippen LogP contribution in [-0.2, 0) is 14.6 Å². The van der Waals surface area contributed by atoms with Crippen LogP contribution < -0.4 is 0 Å². The van der Waals surface area contributed by atoms with Gasteiger partial charge >= 0.3 is 5.97 Å². The van der Waals surface area contributed by atoms with E-state index in [1.54, 1.807) is 13.8 Å². The van der Waals surface area contributed by atoms with E-state index in [0.29, 0.717) is 0 Å². The molecular weight excluding hydrogens is 168 g/mol. The van der Waals surface area contributed by atoms with Crippen molar-refractivity contribution in [1.29, 1.82) is 0 Å². The molecule has 0 heterocycles. The lowest BCUT2D eigenvalue weighted by atomic mass is 10.0. The van der Waals surface area contributed by atoms with Gasteiger partial charge in [-0.15, -0.1) is 0 Å². The standard InChI is InChI=1S/C10H20O3/c1-6-7-10(4,5)13-12-9(11)8(2)3/h8H,6-7H2,1-5H3. The molecule has 0 aliphatic rings. The first kappa shape index (κ1) is 12.4. The fraction of sp³-hybridized carbons (Fsp3) is 0.900. The second-order valence-corrected chi connectivity index (χ2v) is 4.15. The van der Waals surface area contributed by atoms with Crippen molar-refractivity contribution in [1.82, 2.24) is 0 Å². The topological polar surface area (TPSA) is 35.5 Å². The number of carbonyl (C=O) groups is 1. The van der Waals surface area contributed by atoms with Gasteiger partial charge in [-0.1, -0.05) is 27.2 Å². The van der Waals surface area contributed by atoms with Gasteiger partial charge in [-0.05, 0) is 20.3 Å². The van der Waals surface area contributed by atoms with E-state index in [-0.39, 0.29) is 17.5 Å². The molecule has 0 spiro atoms. The third-order valence-corrected chi connectivity index (χ3v) is 1.67. The van der Waals surface area contributed by atoms with Crippen molar-refractivity contribution < 1.29 is 14.6 Å². The minimum atomic E-state index is -0.376. The van der Waals surface area contributed by atoms with Crippen molar-refractivity contribution in [3.05, 3.63) is 0 Å². The normalized spacial score (nSPS) is 11.8. The molecule has 0 rings (SSSR count). The predicted octanol–water partition coefficient (Wildman–Crippen LogP) is 2.70. The maximum atomic E-state index is 11.0. The Balaban J connectivity index is 3.80. The van der Waals surface area contributed by atoms with E-state index < -0.39 is 0 Å². The summed E-state index contributed by atoms with van der Waals surface area (Å²) in [6.45, 7) is 9.43. The summed E-state index contributed by atoms with van der Waals surface area (Å²) >= 11 is 0. The number of hydrogen-bond acceptors (Lipinski definition) is 3. The molecule has 3 heteroatoms. The minimum absolute atomic E-state index is 0.141. The third kappa shape index (κ3) is 5.64. The Labute approximate surface area is 80.3 Å². The predicted molar refractivity (Wildman–Crippen MR) is 51.0 cm³/mol. The van der Waals surface area contributed by atoms with E-state index in [0.717, 1.165) is 12.8 Å². The molecule has 0 bridgehead atoms. The Hall–Kier alpha value is -0.570. The Bertz CT molecular complexity index is 162. The van der Waals surface area contributed by atoms with Crippen LogP contribution in [0.25, 0.3) is 0 Å². The van der Waals surface area contributed by atoms with E-state index >= 15 is 0 Å². The quantitative estimate of drug-likeness (QED) is 0.491. The smallest absolute Gasteiger partial charge is 0.298 e. The molecule has 78 valence electrons. The van der Waals surface area contributed by atoms with Crippen molar-refractivity contribution >= 4 is 5.97 Å². The van der Waals surface area contributed by atoms with Crippen LogP contribution in [0.1, 0.15) is 47.5 Å². The van der Waals surface area contributed by atoms with E-state index in [4.69, 9.17) is 4.89 Å². The summed E-state index contributed by atoms with van der Waals surface area (Å²) in [5, 5.41) is 0. The fourth-order valence-corrected chi connectivity index (χ4v) is 0.894. The summed E-state index contributed by atoms with van der Waals surface area (Å²) < 4.78 is 0. The fourth-order valence-electron chi connectivity index (χ4n) is 0.894. The van der Waals surface area contributed by atoms with Gasteiger partial charge in [0.1, 0.15) is 5.60 Å². The number of hydrogen-bond donors (Lipinski definition) is 0. The van der Waals surface area contributed by atoms with Crippen LogP contribution in [0, 0.1) is 5.92 Å². The van der Waals surface area contributed by atoms with Crippen molar-refractivity contribution in [2.24, 2.45) is 5.92 Å². The molecular formula is C10H20O3. The van der Waals surface area contributed by atoms with Gasteiger partial charge in [0.15, 0.2) is 0 Å². The lowest BCUT2D eigenvalue weighted by Gasteiger charge is -2.22. The average Bonchev–Trinajstić information content (AvgIpc) is 2.00. The lowest BCUT2D eigenvalue weighted by Crippen LogP contribution is -2.27. The molecule has 0 aliphatic heterocycles. The highest BCUT2D eigenvalue weighted by Crippen LogP contribution is 2.17. The molecule has 0 unspecified atom stereocenters. The van der Waals surface area contributed by atoms with Crippen molar-refractivity contribution in [2.45, 2.75) is 53.1 Å². The Morgan fingerprint density at radius 1 is 1.38 bits per heavy atom. The number of rotatable bonds is 5. The Kier molecular flexibility index (Phi) is 4.99. The molecule has 0 N–H and O–H groups in total. The molecule has 0 radical (unpaired) electrons. The molecule has 0 aromatic carbocycles. The zero-order valence-electron chi connectivity index (χ0n) is 9.22. The maximum Gasteiger partial charge on any atom is 0.344 e. The highest BCUT2D eigenvalue weighted by molar-refractivity contribution is 5.70. The first-order valence-electron chi connectivity index (χ1n) is 4.78. The Morgan fingerprint density at radius 3 is 2.31 bits per heavy atom. The van der Waals surface area contributed by atoms with Crippen LogP contribution in [0.3, 0.4) is 0 Å². The molecule has 0 aromatic rings. The molecule has 0 atom stereocenters. The van der Waals surface area contributed by atoms with Crippen molar-refractivity contribution in [3.63, 3.8) is 0 Å². The molecule has 0 aliphatic carbocycles. The number of carbonyl (C=O) groups excluding carboxylic acids is 1. The molecule has 13 heavy (non-hydrogen) atoms. The summed E-state index contributed by atoms with van der Waals surface area (Å²) in [7, 11) is 0. The zero-order chi connectivity index (χ0) is 10.5. The van der Waals surface area contributed by atoms with E-state index in [1.165, 1.54) is 0 Å². The summed E-state index contributed by atoms with van der Waals surface area (Å²) in [6.07, 6.45) is 1.88. The van der Waals surface area contributed by atoms with Gasteiger partial charge in [0.25, 0.3) is 0 Å². The van der Waals surface area contributed by atoms with E-state index in [1.807, 2.05) is 13.8 Å². The lowest BCUT2D eigenvalue weighted by molar-refractivity contribution is -0.328. The highest BCUT2D eigenvalue weighted by Gasteiger charge is 2.21. The monoisotopic (exact) mass is 188 g/mol. The van der Waals surface area contributed by atoms with Crippen LogP contribution in [-0.4, -0.2) is 11.6 Å². The average molecular weight is 188 g/mol. The second-order valence-electron chi connectivity index (χ2n) is 4.15. The van der Waals surface area contributed by atoms with Gasteiger partial charge in [0.05, 0.1) is 5.92 Å².